The van der Waals surface area contributed by atoms with Gasteiger partial charge in [-0.15, -0.1) is 0 Å². The Morgan fingerprint density at radius 2 is 0.494 bits per heavy atom. The molecule has 452 valence electrons. The summed E-state index contributed by atoms with van der Waals surface area (Å²) >= 11 is 0. The van der Waals surface area contributed by atoms with E-state index in [4.69, 9.17) is 14.2 Å². The highest BCUT2D eigenvalue weighted by Crippen LogP contribution is 2.16. The maximum Gasteiger partial charge on any atom is 0.306 e. The lowest BCUT2D eigenvalue weighted by Gasteiger charge is -2.18. The van der Waals surface area contributed by atoms with Crippen LogP contribution in [0, 0.1) is 0 Å². The molecule has 0 spiro atoms. The first-order valence-electron chi connectivity index (χ1n) is 33.4. The van der Waals surface area contributed by atoms with Crippen LogP contribution in [0.5, 0.6) is 0 Å². The fraction of sp³-hybridized carbons (Fsp3) is 0.712. The van der Waals surface area contributed by atoms with E-state index in [1.165, 1.54) is 154 Å². The molecule has 0 bridgehead atoms. The first-order chi connectivity index (χ1) is 39.0. The molecule has 1 atom stereocenters. The van der Waals surface area contributed by atoms with Gasteiger partial charge in [-0.25, -0.2) is 0 Å². The maximum absolute atomic E-state index is 12.9. The molecule has 0 aromatic heterocycles. The lowest BCUT2D eigenvalue weighted by atomic mass is 10.0. The maximum atomic E-state index is 12.9. The molecular formula is C73H124O6. The van der Waals surface area contributed by atoms with Crippen LogP contribution >= 0.6 is 0 Å². The summed E-state index contributed by atoms with van der Waals surface area (Å²) in [6.45, 7) is 6.48. The second-order valence-corrected chi connectivity index (χ2v) is 22.0. The lowest BCUT2D eigenvalue weighted by Crippen LogP contribution is -2.30. The summed E-state index contributed by atoms with van der Waals surface area (Å²) in [5.41, 5.74) is 0. The minimum atomic E-state index is -0.791. The van der Waals surface area contributed by atoms with Crippen LogP contribution in [0.25, 0.3) is 0 Å². The van der Waals surface area contributed by atoms with E-state index in [2.05, 4.69) is 130 Å². The Balaban J connectivity index is 4.30. The highest BCUT2D eigenvalue weighted by molar-refractivity contribution is 5.71. The molecule has 0 aromatic carbocycles. The van der Waals surface area contributed by atoms with E-state index in [1.807, 2.05) is 0 Å². The Hall–Kier alpha value is -3.93. The van der Waals surface area contributed by atoms with Crippen LogP contribution in [0.15, 0.2) is 109 Å². The third-order valence-corrected chi connectivity index (χ3v) is 14.2. The number of ether oxygens (including phenoxy) is 3. The van der Waals surface area contributed by atoms with Crippen molar-refractivity contribution >= 4 is 17.9 Å². The van der Waals surface area contributed by atoms with Crippen LogP contribution < -0.4 is 0 Å². The molecule has 6 heteroatoms. The largest absolute Gasteiger partial charge is 0.462 e. The van der Waals surface area contributed by atoms with Crippen molar-refractivity contribution in [3.05, 3.63) is 109 Å². The molecule has 0 rings (SSSR count). The Kier molecular flexibility index (Phi) is 63.3. The van der Waals surface area contributed by atoms with Gasteiger partial charge in [0.1, 0.15) is 13.2 Å². The topological polar surface area (TPSA) is 78.9 Å². The third-order valence-electron chi connectivity index (χ3n) is 14.2. The van der Waals surface area contributed by atoms with Gasteiger partial charge in [0.25, 0.3) is 0 Å². The van der Waals surface area contributed by atoms with Crippen LogP contribution in [0.3, 0.4) is 0 Å². The normalized spacial score (nSPS) is 12.8. The van der Waals surface area contributed by atoms with Gasteiger partial charge in [0.05, 0.1) is 0 Å². The fourth-order valence-electron chi connectivity index (χ4n) is 9.24. The minimum absolute atomic E-state index is 0.0857. The Labute approximate surface area is 489 Å². The zero-order valence-corrected chi connectivity index (χ0v) is 51.9. The molecule has 0 fully saturated rings. The molecule has 1 unspecified atom stereocenters. The van der Waals surface area contributed by atoms with Crippen molar-refractivity contribution in [3.63, 3.8) is 0 Å². The van der Waals surface area contributed by atoms with Crippen LogP contribution in [0.4, 0.5) is 0 Å². The van der Waals surface area contributed by atoms with Crippen molar-refractivity contribution in [2.45, 2.75) is 322 Å². The first kappa shape index (κ1) is 75.1. The van der Waals surface area contributed by atoms with Crippen LogP contribution in [0.2, 0.25) is 0 Å². The zero-order chi connectivity index (χ0) is 57.1. The van der Waals surface area contributed by atoms with E-state index < -0.39 is 6.10 Å². The van der Waals surface area contributed by atoms with E-state index in [1.54, 1.807) is 0 Å². The van der Waals surface area contributed by atoms with E-state index in [-0.39, 0.29) is 31.1 Å². The van der Waals surface area contributed by atoms with E-state index in [9.17, 15) is 14.4 Å². The minimum Gasteiger partial charge on any atom is -0.462 e. The average molecular weight is 1100 g/mol. The van der Waals surface area contributed by atoms with E-state index in [0.29, 0.717) is 19.3 Å². The van der Waals surface area contributed by atoms with Crippen molar-refractivity contribution in [2.24, 2.45) is 0 Å². The second-order valence-electron chi connectivity index (χ2n) is 22.0. The number of rotatable bonds is 60. The summed E-state index contributed by atoms with van der Waals surface area (Å²) in [4.78, 5) is 38.4. The Morgan fingerprint density at radius 1 is 0.266 bits per heavy atom. The number of hydrogen-bond acceptors (Lipinski definition) is 6. The molecule has 0 saturated heterocycles. The van der Waals surface area contributed by atoms with Gasteiger partial charge in [-0.2, -0.15) is 0 Å². The average Bonchev–Trinajstić information content (AvgIpc) is 3.45. The molecule has 0 amide bonds. The number of carbonyl (C=O) groups is 3. The smallest absolute Gasteiger partial charge is 0.306 e. The third kappa shape index (κ3) is 64.8. The molecular weight excluding hydrogens is 973 g/mol. The van der Waals surface area contributed by atoms with Gasteiger partial charge in [-0.05, 0) is 128 Å². The highest BCUT2D eigenvalue weighted by Gasteiger charge is 2.19. The summed E-state index contributed by atoms with van der Waals surface area (Å²) in [7, 11) is 0. The SMILES string of the molecule is CC/C=C\C/C=C\C/C=C\C/C=C\C/C=C\CCCCCCCCCCCCCCCC(=O)OCC(COC(=O)CCCCCCC/C=C\C/C=C\CCCCC)OC(=O)CCCCCCCCC/C=C\C/C=C\CCCCC. The van der Waals surface area contributed by atoms with Crippen molar-refractivity contribution < 1.29 is 28.6 Å². The Morgan fingerprint density at radius 3 is 0.772 bits per heavy atom. The predicted octanol–water partition coefficient (Wildman–Crippen LogP) is 23.0. The zero-order valence-electron chi connectivity index (χ0n) is 51.9. The molecule has 0 radical (unpaired) electrons. The monoisotopic (exact) mass is 1100 g/mol. The van der Waals surface area contributed by atoms with E-state index in [0.717, 1.165) is 122 Å². The van der Waals surface area contributed by atoms with Gasteiger partial charge in [0, 0.05) is 19.3 Å². The Bertz CT molecular complexity index is 1590. The van der Waals surface area contributed by atoms with E-state index >= 15 is 0 Å². The van der Waals surface area contributed by atoms with Crippen LogP contribution in [0.1, 0.15) is 316 Å². The summed E-state index contributed by atoms with van der Waals surface area (Å²) in [6.07, 6.45) is 91.0. The second kappa shape index (κ2) is 66.6. The standard InChI is InChI=1S/C73H124O6/c1-4-7-10-13-16-19-22-25-28-30-31-32-33-34-35-36-37-38-39-40-41-43-45-48-51-54-57-60-63-66-72(75)78-69-70(68-77-71(74)65-62-59-56-53-50-47-44-27-24-21-18-15-12-9-6-3)79-73(76)67-64-61-58-55-52-49-46-42-29-26-23-20-17-14-11-8-5-2/h7,10,16-21,25-29,31-32,34-35,44,70H,4-6,8-9,11-15,22-24,30,33,36-43,45-69H2,1-3H3/b10-7-,19-16-,20-17-,21-18-,28-25-,29-26-,32-31-,35-34-,44-27-. The number of esters is 3. The van der Waals surface area contributed by atoms with Crippen molar-refractivity contribution in [1.29, 1.82) is 0 Å². The van der Waals surface area contributed by atoms with Gasteiger partial charge >= 0.3 is 17.9 Å². The summed E-state index contributed by atoms with van der Waals surface area (Å²) in [5, 5.41) is 0. The van der Waals surface area contributed by atoms with Crippen molar-refractivity contribution in [1.82, 2.24) is 0 Å². The van der Waals surface area contributed by atoms with Gasteiger partial charge < -0.3 is 14.2 Å². The van der Waals surface area contributed by atoms with Gasteiger partial charge in [0.2, 0.25) is 0 Å². The number of allylic oxidation sites excluding steroid dienone is 18. The number of hydrogen-bond donors (Lipinski definition) is 0. The van der Waals surface area contributed by atoms with Crippen LogP contribution in [-0.2, 0) is 28.6 Å². The number of carbonyl (C=O) groups excluding carboxylic acids is 3. The van der Waals surface area contributed by atoms with Crippen molar-refractivity contribution in [3.8, 4) is 0 Å². The lowest BCUT2D eigenvalue weighted by molar-refractivity contribution is -0.167. The molecule has 6 nitrogen and oxygen atoms in total. The number of unbranched alkanes of at least 4 members (excludes halogenated alkanes) is 31. The van der Waals surface area contributed by atoms with Gasteiger partial charge in [-0.3, -0.25) is 14.4 Å². The molecule has 0 saturated carbocycles. The van der Waals surface area contributed by atoms with Crippen molar-refractivity contribution in [2.75, 3.05) is 13.2 Å². The molecule has 0 aromatic rings. The van der Waals surface area contributed by atoms with Gasteiger partial charge in [0.15, 0.2) is 6.10 Å². The quantitative estimate of drug-likeness (QED) is 0.0261. The highest BCUT2D eigenvalue weighted by atomic mass is 16.6. The van der Waals surface area contributed by atoms with Crippen LogP contribution in [-0.4, -0.2) is 37.2 Å². The molecule has 0 N–H and O–H groups in total. The molecule has 0 heterocycles. The molecule has 0 aliphatic carbocycles. The summed E-state index contributed by atoms with van der Waals surface area (Å²) in [6, 6.07) is 0. The summed E-state index contributed by atoms with van der Waals surface area (Å²) in [5.74, 6) is -0.899. The first-order valence-corrected chi connectivity index (χ1v) is 33.4. The molecule has 0 aliphatic heterocycles. The summed E-state index contributed by atoms with van der Waals surface area (Å²) < 4.78 is 16.9. The molecule has 79 heavy (non-hydrogen) atoms. The molecule has 0 aliphatic rings. The fourth-order valence-corrected chi connectivity index (χ4v) is 9.24. The predicted molar refractivity (Wildman–Crippen MR) is 343 cm³/mol. The van der Waals surface area contributed by atoms with Gasteiger partial charge in [-0.1, -0.05) is 278 Å².